The Hall–Kier alpha value is -2.00. The second-order valence-corrected chi connectivity index (χ2v) is 3.26. The van der Waals surface area contributed by atoms with Gasteiger partial charge in [0.1, 0.15) is 0 Å². The molecule has 5 heteroatoms. The molecule has 1 rings (SSSR count). The van der Waals surface area contributed by atoms with Crippen LogP contribution < -0.4 is 5.32 Å². The lowest BCUT2D eigenvalue weighted by Crippen LogP contribution is -2.25. The first-order valence-electron chi connectivity index (χ1n) is 5.16. The summed E-state index contributed by atoms with van der Waals surface area (Å²) in [5, 5.41) is 6.00. The zero-order valence-corrected chi connectivity index (χ0v) is 9.18. The molecule has 0 fully saturated rings. The van der Waals surface area contributed by atoms with Crippen LogP contribution in [0.4, 0.5) is 0 Å². The van der Waals surface area contributed by atoms with Crippen LogP contribution in [-0.4, -0.2) is 19.0 Å². The number of hydrogen-bond acceptors (Lipinski definition) is 2. The molecular formula is C11H14N4O. The van der Waals surface area contributed by atoms with Gasteiger partial charge in [-0.05, 0) is 29.6 Å². The highest BCUT2D eigenvalue weighted by Gasteiger charge is 2.03. The number of nitrogens with one attached hydrogen (secondary N) is 1. The summed E-state index contributed by atoms with van der Waals surface area (Å²) >= 11 is 0. The van der Waals surface area contributed by atoms with E-state index in [2.05, 4.69) is 22.3 Å². The lowest BCUT2D eigenvalue weighted by Gasteiger charge is -2.03. The third kappa shape index (κ3) is 3.63. The molecule has 0 bridgehead atoms. The fraction of sp³-hybridized carbons (Fsp3) is 0.364. The Labute approximate surface area is 94.1 Å². The molecular weight excluding hydrogens is 204 g/mol. The van der Waals surface area contributed by atoms with E-state index in [-0.39, 0.29) is 12.5 Å². The van der Waals surface area contributed by atoms with Gasteiger partial charge >= 0.3 is 0 Å². The highest BCUT2D eigenvalue weighted by molar-refractivity contribution is 5.94. The maximum atomic E-state index is 11.6. The molecule has 1 N–H and O–H groups in total. The van der Waals surface area contributed by atoms with Gasteiger partial charge in [-0.25, -0.2) is 0 Å². The zero-order chi connectivity index (χ0) is 11.8. The summed E-state index contributed by atoms with van der Waals surface area (Å²) in [6.45, 7) is 2.70. The number of rotatable bonds is 5. The molecule has 0 saturated carbocycles. The molecule has 0 aliphatic carbocycles. The minimum absolute atomic E-state index is 0.143. The first-order chi connectivity index (χ1) is 7.77. The fourth-order valence-corrected chi connectivity index (χ4v) is 1.26. The van der Waals surface area contributed by atoms with Crippen LogP contribution in [0.3, 0.4) is 0 Å². The number of hydrogen-bond donors (Lipinski definition) is 1. The molecule has 0 saturated heterocycles. The van der Waals surface area contributed by atoms with E-state index in [1.165, 1.54) is 5.56 Å². The largest absolute Gasteiger partial charge is 0.352 e. The molecule has 0 aromatic heterocycles. The standard InChI is InChI=1S/C11H14N4O/c1-2-9-3-5-10(6-4-9)11(16)13-7-8-14-15-12/h3-6H,2,7-8H2,1H3,(H,13,16). The first kappa shape index (κ1) is 12.1. The molecule has 0 aliphatic rings. The topological polar surface area (TPSA) is 77.9 Å². The van der Waals surface area contributed by atoms with Crippen molar-refractivity contribution in [1.29, 1.82) is 0 Å². The van der Waals surface area contributed by atoms with Crippen molar-refractivity contribution in [2.24, 2.45) is 5.11 Å². The van der Waals surface area contributed by atoms with Crippen molar-refractivity contribution < 1.29 is 4.79 Å². The van der Waals surface area contributed by atoms with Crippen LogP contribution >= 0.6 is 0 Å². The van der Waals surface area contributed by atoms with Gasteiger partial charge in [-0.3, -0.25) is 4.79 Å². The Balaban J connectivity index is 2.49. The molecule has 16 heavy (non-hydrogen) atoms. The van der Waals surface area contributed by atoms with Crippen LogP contribution in [0.1, 0.15) is 22.8 Å². The van der Waals surface area contributed by atoms with Crippen LogP contribution in [0.25, 0.3) is 10.4 Å². The molecule has 0 radical (unpaired) electrons. The van der Waals surface area contributed by atoms with Gasteiger partial charge in [-0.2, -0.15) is 0 Å². The van der Waals surface area contributed by atoms with E-state index in [1.807, 2.05) is 12.1 Å². The first-order valence-corrected chi connectivity index (χ1v) is 5.16. The van der Waals surface area contributed by atoms with Crippen molar-refractivity contribution in [1.82, 2.24) is 5.32 Å². The van der Waals surface area contributed by atoms with Crippen molar-refractivity contribution >= 4 is 5.91 Å². The van der Waals surface area contributed by atoms with E-state index in [4.69, 9.17) is 5.53 Å². The molecule has 0 unspecified atom stereocenters. The maximum absolute atomic E-state index is 11.6. The lowest BCUT2D eigenvalue weighted by atomic mass is 10.1. The molecule has 1 amide bonds. The van der Waals surface area contributed by atoms with E-state index in [0.29, 0.717) is 12.1 Å². The van der Waals surface area contributed by atoms with Gasteiger partial charge in [-0.15, -0.1) is 0 Å². The molecule has 1 aromatic rings. The Morgan fingerprint density at radius 3 is 2.69 bits per heavy atom. The third-order valence-electron chi connectivity index (χ3n) is 2.18. The molecule has 0 spiro atoms. The van der Waals surface area contributed by atoms with Crippen molar-refractivity contribution in [3.8, 4) is 0 Å². The zero-order valence-electron chi connectivity index (χ0n) is 9.18. The smallest absolute Gasteiger partial charge is 0.251 e. The van der Waals surface area contributed by atoms with E-state index in [9.17, 15) is 4.79 Å². The number of azide groups is 1. The SMILES string of the molecule is CCc1ccc(C(=O)NCCN=[N+]=[N-])cc1. The summed E-state index contributed by atoms with van der Waals surface area (Å²) < 4.78 is 0. The second-order valence-electron chi connectivity index (χ2n) is 3.26. The minimum atomic E-state index is -0.143. The van der Waals surface area contributed by atoms with Crippen LogP contribution in [0, 0.1) is 0 Å². The molecule has 1 aromatic carbocycles. The summed E-state index contributed by atoms with van der Waals surface area (Å²) in [6.07, 6.45) is 0.957. The Bertz CT molecular complexity index is 393. The average Bonchev–Trinajstić information content (AvgIpc) is 2.34. The van der Waals surface area contributed by atoms with Gasteiger partial charge in [0.15, 0.2) is 0 Å². The summed E-state index contributed by atoms with van der Waals surface area (Å²) in [7, 11) is 0. The van der Waals surface area contributed by atoms with Crippen LogP contribution in [0.2, 0.25) is 0 Å². The van der Waals surface area contributed by atoms with Gasteiger partial charge in [0, 0.05) is 23.6 Å². The van der Waals surface area contributed by atoms with E-state index in [0.717, 1.165) is 6.42 Å². The lowest BCUT2D eigenvalue weighted by molar-refractivity contribution is 0.0955. The maximum Gasteiger partial charge on any atom is 0.251 e. The van der Waals surface area contributed by atoms with Gasteiger partial charge in [-0.1, -0.05) is 24.2 Å². The van der Waals surface area contributed by atoms with Crippen LogP contribution in [-0.2, 0) is 6.42 Å². The van der Waals surface area contributed by atoms with Gasteiger partial charge < -0.3 is 5.32 Å². The van der Waals surface area contributed by atoms with Gasteiger partial charge in [0.05, 0.1) is 0 Å². The Kier molecular flexibility index (Phi) is 4.89. The van der Waals surface area contributed by atoms with Gasteiger partial charge in [0.2, 0.25) is 0 Å². The van der Waals surface area contributed by atoms with E-state index < -0.39 is 0 Å². The number of benzene rings is 1. The summed E-state index contributed by atoms with van der Waals surface area (Å²) in [4.78, 5) is 14.2. The number of carbonyl (C=O) groups is 1. The normalized spacial score (nSPS) is 9.31. The fourth-order valence-electron chi connectivity index (χ4n) is 1.26. The number of nitrogens with zero attached hydrogens (tertiary/aromatic N) is 3. The minimum Gasteiger partial charge on any atom is -0.352 e. The predicted octanol–water partition coefficient (Wildman–Crippen LogP) is 2.29. The predicted molar refractivity (Wildman–Crippen MR) is 62.2 cm³/mol. The molecule has 0 atom stereocenters. The summed E-state index contributed by atoms with van der Waals surface area (Å²) in [6, 6.07) is 7.45. The Morgan fingerprint density at radius 1 is 1.44 bits per heavy atom. The summed E-state index contributed by atoms with van der Waals surface area (Å²) in [5.41, 5.74) is 9.87. The van der Waals surface area contributed by atoms with Crippen molar-refractivity contribution in [3.05, 3.63) is 45.8 Å². The number of amides is 1. The second kappa shape index (κ2) is 6.48. The van der Waals surface area contributed by atoms with Gasteiger partial charge in [0.25, 0.3) is 5.91 Å². The quantitative estimate of drug-likeness (QED) is 0.350. The molecule has 5 nitrogen and oxygen atoms in total. The molecule has 84 valence electrons. The average molecular weight is 218 g/mol. The van der Waals surface area contributed by atoms with Crippen molar-refractivity contribution in [2.45, 2.75) is 13.3 Å². The summed E-state index contributed by atoms with van der Waals surface area (Å²) in [5.74, 6) is -0.143. The monoisotopic (exact) mass is 218 g/mol. The van der Waals surface area contributed by atoms with Crippen molar-refractivity contribution in [3.63, 3.8) is 0 Å². The number of carbonyl (C=O) groups excluding carboxylic acids is 1. The van der Waals surface area contributed by atoms with E-state index in [1.54, 1.807) is 12.1 Å². The highest BCUT2D eigenvalue weighted by Crippen LogP contribution is 2.04. The van der Waals surface area contributed by atoms with Crippen LogP contribution in [0.15, 0.2) is 29.4 Å². The van der Waals surface area contributed by atoms with Crippen LogP contribution in [0.5, 0.6) is 0 Å². The third-order valence-corrected chi connectivity index (χ3v) is 2.18. The molecule has 0 heterocycles. The highest BCUT2D eigenvalue weighted by atomic mass is 16.1. The van der Waals surface area contributed by atoms with E-state index >= 15 is 0 Å². The Morgan fingerprint density at radius 2 is 2.12 bits per heavy atom. The molecule has 0 aliphatic heterocycles. The van der Waals surface area contributed by atoms with Crippen molar-refractivity contribution in [2.75, 3.05) is 13.1 Å². The number of aryl methyl sites for hydroxylation is 1.